The Bertz CT molecular complexity index is 1220. The molecule has 14 nitrogen and oxygen atoms in total. The van der Waals surface area contributed by atoms with Gasteiger partial charge in [-0.2, -0.15) is 0 Å². The number of tetrazole rings is 1. The lowest BCUT2D eigenvalue weighted by Crippen LogP contribution is -2.71. The van der Waals surface area contributed by atoms with Crippen LogP contribution in [0.15, 0.2) is 40.7 Å². The summed E-state index contributed by atoms with van der Waals surface area (Å²) in [6.45, 7) is -0.227. The zero-order chi connectivity index (χ0) is 25.3. The number of fused-ring (bicyclic) bond motifs is 1. The first kappa shape index (κ1) is 24.5. The van der Waals surface area contributed by atoms with E-state index in [-0.39, 0.29) is 34.7 Å². The average molecular weight is 521 g/mol. The van der Waals surface area contributed by atoms with Gasteiger partial charge in [0.25, 0.3) is 5.91 Å². The summed E-state index contributed by atoms with van der Waals surface area (Å²) in [7, 11) is 0. The quantitative estimate of drug-likeness (QED) is 0.186. The minimum Gasteiger partial charge on any atom is -0.508 e. The van der Waals surface area contributed by atoms with E-state index >= 15 is 0 Å². The third-order valence-corrected chi connectivity index (χ3v) is 7.65. The van der Waals surface area contributed by atoms with Crippen LogP contribution in [-0.2, 0) is 25.7 Å². The lowest BCUT2D eigenvalue weighted by atomic mass is 10.0. The van der Waals surface area contributed by atoms with Gasteiger partial charge in [0.15, 0.2) is 0 Å². The van der Waals surface area contributed by atoms with Gasteiger partial charge in [0.05, 0.1) is 0 Å². The van der Waals surface area contributed by atoms with Crippen molar-refractivity contribution in [1.29, 1.82) is 0 Å². The number of carbonyl (C=O) groups is 4. The number of nitrogens with one attached hydrogen (secondary N) is 1. The Hall–Kier alpha value is -3.63. The molecule has 0 bridgehead atoms. The summed E-state index contributed by atoms with van der Waals surface area (Å²) < 4.78 is 1.20. The first-order valence-corrected chi connectivity index (χ1v) is 12.1. The smallest absolute Gasteiger partial charge is 0.352 e. The molecule has 0 saturated carbocycles. The molecule has 4 rings (SSSR count). The van der Waals surface area contributed by atoms with Crippen molar-refractivity contribution in [2.24, 2.45) is 11.5 Å². The Morgan fingerprint density at radius 3 is 2.66 bits per heavy atom. The summed E-state index contributed by atoms with van der Waals surface area (Å²) in [4.78, 5) is 49.8. The maximum atomic E-state index is 12.8. The fourth-order valence-corrected chi connectivity index (χ4v) is 5.93. The lowest BCUT2D eigenvalue weighted by molar-refractivity contribution is -0.150. The molecule has 2 aromatic rings. The molecule has 3 heterocycles. The SMILES string of the molecule is NC(=O)Cn1nnnc1SCC1=C(C(=O)O)N2C(=O)C(NC(=O)C(N)c3ccc(O)cc3)[C@@H]2SC1. The minimum atomic E-state index is -1.28. The number of primary amides is 1. The van der Waals surface area contributed by atoms with E-state index in [0.717, 1.165) is 16.7 Å². The van der Waals surface area contributed by atoms with Crippen LogP contribution in [0, 0.1) is 0 Å². The second kappa shape index (κ2) is 9.93. The van der Waals surface area contributed by atoms with Crippen LogP contribution in [0.1, 0.15) is 11.6 Å². The topological polar surface area (TPSA) is 220 Å². The number of β-lactam (4-membered cyclic amide) rings is 1. The Morgan fingerprint density at radius 1 is 1.29 bits per heavy atom. The Balaban J connectivity index is 1.45. The van der Waals surface area contributed by atoms with Crippen molar-refractivity contribution in [2.75, 3.05) is 11.5 Å². The largest absolute Gasteiger partial charge is 0.508 e. The molecule has 16 heteroatoms. The van der Waals surface area contributed by atoms with Crippen LogP contribution in [0.2, 0.25) is 0 Å². The Labute approximate surface area is 206 Å². The molecule has 2 aliphatic heterocycles. The summed E-state index contributed by atoms with van der Waals surface area (Å²) in [5.41, 5.74) is 11.9. The van der Waals surface area contributed by atoms with E-state index in [1.165, 1.54) is 40.7 Å². The van der Waals surface area contributed by atoms with E-state index in [4.69, 9.17) is 11.5 Å². The van der Waals surface area contributed by atoms with Crippen LogP contribution in [0.5, 0.6) is 5.75 Å². The molecular weight excluding hydrogens is 500 g/mol. The molecule has 0 aliphatic carbocycles. The molecular formula is C19H20N8O6S2. The van der Waals surface area contributed by atoms with Gasteiger partial charge in [-0.05, 0) is 33.7 Å². The maximum Gasteiger partial charge on any atom is 0.352 e. The van der Waals surface area contributed by atoms with Crippen molar-refractivity contribution in [2.45, 2.75) is 29.2 Å². The number of benzene rings is 1. The number of carboxylic acids is 1. The van der Waals surface area contributed by atoms with E-state index in [1.807, 2.05) is 0 Å². The maximum absolute atomic E-state index is 12.8. The second-order valence-electron chi connectivity index (χ2n) is 7.60. The normalized spacial score (nSPS) is 20.1. The number of thioether (sulfide) groups is 2. The average Bonchev–Trinajstić information content (AvgIpc) is 3.26. The zero-order valence-corrected chi connectivity index (χ0v) is 19.5. The first-order chi connectivity index (χ1) is 16.7. The summed E-state index contributed by atoms with van der Waals surface area (Å²) in [5, 5.41) is 32.4. The highest BCUT2D eigenvalue weighted by Crippen LogP contribution is 2.41. The van der Waals surface area contributed by atoms with Gasteiger partial charge in [-0.25, -0.2) is 9.48 Å². The van der Waals surface area contributed by atoms with E-state index in [0.29, 0.717) is 11.1 Å². The number of aromatic nitrogens is 4. The van der Waals surface area contributed by atoms with E-state index in [1.54, 1.807) is 0 Å². The molecule has 2 unspecified atom stereocenters. The number of carbonyl (C=O) groups excluding carboxylic acids is 3. The number of aromatic hydroxyl groups is 1. The van der Waals surface area contributed by atoms with Gasteiger partial charge in [-0.1, -0.05) is 23.9 Å². The molecule has 3 atom stereocenters. The van der Waals surface area contributed by atoms with E-state index in [2.05, 4.69) is 20.8 Å². The Kier molecular flexibility index (Phi) is 6.95. The van der Waals surface area contributed by atoms with E-state index in [9.17, 15) is 29.4 Å². The van der Waals surface area contributed by atoms with Gasteiger partial charge >= 0.3 is 5.97 Å². The van der Waals surface area contributed by atoms with Gasteiger partial charge in [0.1, 0.15) is 35.4 Å². The monoisotopic (exact) mass is 520 g/mol. The highest BCUT2D eigenvalue weighted by Gasteiger charge is 2.54. The third-order valence-electron chi connectivity index (χ3n) is 5.26. The number of phenols is 1. The van der Waals surface area contributed by atoms with Gasteiger partial charge in [-0.3, -0.25) is 19.3 Å². The molecule has 0 radical (unpaired) electrons. The molecule has 0 spiro atoms. The number of carboxylic acid groups (broad SMARTS) is 1. The number of aliphatic carboxylic acids is 1. The fourth-order valence-electron chi connectivity index (χ4n) is 3.57. The summed E-state index contributed by atoms with van der Waals surface area (Å²) in [6.07, 6.45) is 0. The van der Waals surface area contributed by atoms with Crippen LogP contribution >= 0.6 is 23.5 Å². The van der Waals surface area contributed by atoms with Gasteiger partial charge in [-0.15, -0.1) is 16.9 Å². The number of nitrogens with zero attached hydrogens (tertiary/aromatic N) is 5. The number of rotatable bonds is 9. The molecule has 3 amide bonds. The van der Waals surface area contributed by atoms with Crippen LogP contribution < -0.4 is 16.8 Å². The number of hydrogen-bond donors (Lipinski definition) is 5. The number of phenolic OH excluding ortho intramolecular Hbond substituents is 1. The van der Waals surface area contributed by atoms with Crippen molar-refractivity contribution in [3.8, 4) is 5.75 Å². The van der Waals surface area contributed by atoms with Crippen molar-refractivity contribution in [1.82, 2.24) is 30.4 Å². The summed E-state index contributed by atoms with van der Waals surface area (Å²) >= 11 is 2.42. The van der Waals surface area contributed by atoms with Gasteiger partial charge in [0, 0.05) is 11.5 Å². The van der Waals surface area contributed by atoms with E-state index < -0.39 is 41.1 Å². The highest BCUT2D eigenvalue weighted by atomic mass is 32.2. The minimum absolute atomic E-state index is 0.0242. The Morgan fingerprint density at radius 2 is 2.00 bits per heavy atom. The molecule has 1 aromatic carbocycles. The second-order valence-corrected chi connectivity index (χ2v) is 9.64. The van der Waals surface area contributed by atoms with Crippen molar-refractivity contribution in [3.05, 3.63) is 41.1 Å². The summed E-state index contributed by atoms with van der Waals surface area (Å²) in [6, 6.07) is 3.79. The summed E-state index contributed by atoms with van der Waals surface area (Å²) in [5.74, 6) is -2.60. The fraction of sp³-hybridized carbons (Fsp3) is 0.316. The number of hydrogen-bond acceptors (Lipinski definition) is 11. The van der Waals surface area contributed by atoms with Crippen molar-refractivity contribution in [3.63, 3.8) is 0 Å². The van der Waals surface area contributed by atoms with Gasteiger partial charge < -0.3 is 27.0 Å². The molecule has 1 aromatic heterocycles. The molecule has 1 saturated heterocycles. The van der Waals surface area contributed by atoms with Crippen molar-refractivity contribution >= 4 is 47.2 Å². The predicted molar refractivity (Wildman–Crippen MR) is 122 cm³/mol. The molecule has 1 fully saturated rings. The van der Waals surface area contributed by atoms with Crippen LogP contribution in [0.4, 0.5) is 0 Å². The van der Waals surface area contributed by atoms with Crippen LogP contribution in [-0.4, -0.2) is 81.9 Å². The lowest BCUT2D eigenvalue weighted by Gasteiger charge is -2.49. The molecule has 2 aliphatic rings. The standard InChI is InChI=1S/C19H20N8O6S2/c20-11(29)5-26-19(23-24-25-26)35-7-9-6-34-17-13(16(31)27(17)14(9)18(32)33)22-15(30)12(21)8-1-3-10(28)4-2-8/h1-4,12-13,17,28H,5-7,21H2,(H2,20,29)(H,22,30)(H,32,33)/t12?,13?,17-/m0/s1. The van der Waals surface area contributed by atoms with Gasteiger partial charge in [0.2, 0.25) is 17.0 Å². The highest BCUT2D eigenvalue weighted by molar-refractivity contribution is 8.01. The van der Waals surface area contributed by atoms with Crippen molar-refractivity contribution < 1.29 is 29.4 Å². The number of amides is 3. The molecule has 35 heavy (non-hydrogen) atoms. The third kappa shape index (κ3) is 4.94. The zero-order valence-electron chi connectivity index (χ0n) is 17.9. The van der Waals surface area contributed by atoms with Crippen LogP contribution in [0.25, 0.3) is 0 Å². The molecule has 7 N–H and O–H groups in total. The first-order valence-electron chi connectivity index (χ1n) is 10.1. The molecule has 184 valence electrons. The number of nitrogens with two attached hydrogens (primary N) is 2. The predicted octanol–water partition coefficient (Wildman–Crippen LogP) is -1.61. The van der Waals surface area contributed by atoms with Crippen LogP contribution in [0.3, 0.4) is 0 Å².